The molecule has 4 nitrogen and oxygen atoms in total. The minimum Gasteiger partial charge on any atom is -0.460 e. The van der Waals surface area contributed by atoms with Crippen LogP contribution in [-0.2, 0) is 14.0 Å². The molecule has 0 aromatic heterocycles. The van der Waals surface area contributed by atoms with Gasteiger partial charge in [0.1, 0.15) is 6.10 Å². The maximum Gasteiger partial charge on any atom is 0.308 e. The first kappa shape index (κ1) is 17.7. The number of carbonyl (C=O) groups excluding carboxylic acids is 1. The number of hydrogen-bond acceptors (Lipinski definition) is 4. The summed E-state index contributed by atoms with van der Waals surface area (Å²) in [6.45, 7) is 13.8. The van der Waals surface area contributed by atoms with Crippen LogP contribution in [0.2, 0.25) is 16.6 Å². The molecule has 0 bridgehead atoms. The van der Waals surface area contributed by atoms with E-state index >= 15 is 0 Å². The van der Waals surface area contributed by atoms with Crippen molar-refractivity contribution in [2.45, 2.75) is 83.2 Å². The Bertz CT molecular complexity index is 306. The van der Waals surface area contributed by atoms with Crippen LogP contribution in [0.15, 0.2) is 0 Å². The number of carbonyl (C=O) groups is 1. The Morgan fingerprint density at radius 1 is 1.20 bits per heavy atom. The van der Waals surface area contributed by atoms with E-state index in [1.165, 1.54) is 0 Å². The van der Waals surface area contributed by atoms with Crippen LogP contribution in [0, 0.1) is 0 Å². The highest BCUT2D eigenvalue weighted by Gasteiger charge is 2.45. The maximum absolute atomic E-state index is 11.4. The molecule has 0 aromatic carbocycles. The fourth-order valence-electron chi connectivity index (χ4n) is 3.70. The summed E-state index contributed by atoms with van der Waals surface area (Å²) in [4.78, 5) is 11.4. The molecule has 1 aliphatic rings. The van der Waals surface area contributed by atoms with Crippen molar-refractivity contribution in [3.63, 3.8) is 0 Å². The van der Waals surface area contributed by atoms with E-state index in [0.29, 0.717) is 29.7 Å². The number of hydrogen-bond donors (Lipinski definition) is 1. The van der Waals surface area contributed by atoms with Crippen molar-refractivity contribution in [1.29, 1.82) is 0 Å². The molecule has 0 spiro atoms. The average Bonchev–Trinajstić information content (AvgIpc) is 2.26. The monoisotopic (exact) mass is 302 g/mol. The zero-order valence-electron chi connectivity index (χ0n) is 13.7. The molecule has 1 N–H and O–H groups in total. The molecule has 1 rings (SSSR count). The second kappa shape index (κ2) is 7.05. The van der Waals surface area contributed by atoms with Crippen LogP contribution in [0.1, 0.15) is 54.4 Å². The standard InChI is InChI=1S/C15H30O4Si/c1-10(2)20(11(3)4,12(5)6)18-9-14-7-13(16)8-15(17)19-14/h10-14,16H,7-9H2,1-6H3/t13-,14-/m1/s1. The molecule has 5 heteroatoms. The molecule has 0 unspecified atom stereocenters. The van der Waals surface area contributed by atoms with Gasteiger partial charge in [-0.05, 0) is 16.6 Å². The van der Waals surface area contributed by atoms with Crippen molar-refractivity contribution in [2.24, 2.45) is 0 Å². The van der Waals surface area contributed by atoms with Gasteiger partial charge in [-0.15, -0.1) is 0 Å². The average molecular weight is 302 g/mol. The molecule has 118 valence electrons. The first-order valence-electron chi connectivity index (χ1n) is 7.71. The van der Waals surface area contributed by atoms with Crippen molar-refractivity contribution in [2.75, 3.05) is 6.61 Å². The quantitative estimate of drug-likeness (QED) is 0.604. The van der Waals surface area contributed by atoms with Gasteiger partial charge >= 0.3 is 5.97 Å². The molecule has 1 saturated heterocycles. The summed E-state index contributed by atoms with van der Waals surface area (Å²) >= 11 is 0. The lowest BCUT2D eigenvalue weighted by Gasteiger charge is -2.43. The molecule has 0 aromatic rings. The van der Waals surface area contributed by atoms with Gasteiger partial charge in [0.15, 0.2) is 0 Å². The third kappa shape index (κ3) is 3.83. The Labute approximate surface area is 124 Å². The summed E-state index contributed by atoms with van der Waals surface area (Å²) in [5, 5.41) is 9.66. The van der Waals surface area contributed by atoms with E-state index in [1.54, 1.807) is 0 Å². The predicted octanol–water partition coefficient (Wildman–Crippen LogP) is 3.25. The molecule has 0 saturated carbocycles. The van der Waals surface area contributed by atoms with E-state index in [-0.39, 0.29) is 18.5 Å². The first-order chi connectivity index (χ1) is 9.20. The second-order valence-corrected chi connectivity index (χ2v) is 12.3. The van der Waals surface area contributed by atoms with E-state index in [0.717, 1.165) is 0 Å². The minimum absolute atomic E-state index is 0.109. The fraction of sp³-hybridized carbons (Fsp3) is 0.933. The van der Waals surface area contributed by atoms with Crippen molar-refractivity contribution in [3.05, 3.63) is 0 Å². The van der Waals surface area contributed by atoms with Crippen molar-refractivity contribution in [1.82, 2.24) is 0 Å². The largest absolute Gasteiger partial charge is 0.460 e. The van der Waals surface area contributed by atoms with Crippen LogP contribution < -0.4 is 0 Å². The van der Waals surface area contributed by atoms with Gasteiger partial charge in [-0.1, -0.05) is 41.5 Å². The molecule has 1 aliphatic heterocycles. The number of aliphatic hydroxyl groups excluding tert-OH is 1. The van der Waals surface area contributed by atoms with Crippen LogP contribution in [0.3, 0.4) is 0 Å². The Morgan fingerprint density at radius 3 is 2.10 bits per heavy atom. The molecule has 20 heavy (non-hydrogen) atoms. The maximum atomic E-state index is 11.4. The van der Waals surface area contributed by atoms with Crippen molar-refractivity contribution < 1.29 is 19.1 Å². The van der Waals surface area contributed by atoms with E-state index < -0.39 is 14.4 Å². The SMILES string of the molecule is CC(C)[Si](OC[C@H]1C[C@@H](O)CC(=O)O1)(C(C)C)C(C)C. The van der Waals surface area contributed by atoms with Gasteiger partial charge in [-0.3, -0.25) is 4.79 Å². The van der Waals surface area contributed by atoms with Gasteiger partial charge in [-0.2, -0.15) is 0 Å². The zero-order valence-corrected chi connectivity index (χ0v) is 14.7. The van der Waals surface area contributed by atoms with Crippen LogP contribution >= 0.6 is 0 Å². The van der Waals surface area contributed by atoms with Crippen molar-refractivity contribution in [3.8, 4) is 0 Å². The van der Waals surface area contributed by atoms with Gasteiger partial charge in [-0.25, -0.2) is 0 Å². The third-order valence-electron chi connectivity index (χ3n) is 4.46. The summed E-state index contributed by atoms with van der Waals surface area (Å²) in [5.74, 6) is -0.316. The lowest BCUT2D eigenvalue weighted by Crippen LogP contribution is -2.50. The number of ether oxygens (including phenoxy) is 1. The third-order valence-corrected chi connectivity index (χ3v) is 10.5. The highest BCUT2D eigenvalue weighted by Crippen LogP contribution is 2.42. The van der Waals surface area contributed by atoms with Crippen molar-refractivity contribution >= 4 is 14.3 Å². The Balaban J connectivity index is 2.74. The number of aliphatic hydroxyl groups is 1. The highest BCUT2D eigenvalue weighted by molar-refractivity contribution is 6.77. The van der Waals surface area contributed by atoms with Crippen LogP contribution in [0.4, 0.5) is 0 Å². The zero-order chi connectivity index (χ0) is 15.5. The normalized spacial score (nSPS) is 24.6. The topological polar surface area (TPSA) is 55.8 Å². The molecule has 0 radical (unpaired) electrons. The summed E-state index contributed by atoms with van der Waals surface area (Å²) < 4.78 is 11.7. The van der Waals surface area contributed by atoms with Crippen LogP contribution in [0.25, 0.3) is 0 Å². The number of esters is 1. The molecular weight excluding hydrogens is 272 g/mol. The van der Waals surface area contributed by atoms with Gasteiger partial charge in [0, 0.05) is 6.42 Å². The van der Waals surface area contributed by atoms with Gasteiger partial charge in [0.25, 0.3) is 0 Å². The summed E-state index contributed by atoms with van der Waals surface area (Å²) in [5.41, 5.74) is 1.52. The summed E-state index contributed by atoms with van der Waals surface area (Å²) in [6.07, 6.45) is -0.283. The molecule has 1 fully saturated rings. The Hall–Kier alpha value is -0.393. The Kier molecular flexibility index (Phi) is 6.22. The molecule has 1 heterocycles. The lowest BCUT2D eigenvalue weighted by molar-refractivity contribution is -0.162. The molecule has 0 aliphatic carbocycles. The smallest absolute Gasteiger partial charge is 0.308 e. The molecule has 0 amide bonds. The highest BCUT2D eigenvalue weighted by atomic mass is 28.4. The first-order valence-corrected chi connectivity index (χ1v) is 9.85. The fourth-order valence-corrected chi connectivity index (χ4v) is 9.18. The van der Waals surface area contributed by atoms with Crippen LogP contribution in [-0.4, -0.2) is 38.2 Å². The minimum atomic E-state index is -1.93. The van der Waals surface area contributed by atoms with E-state index in [4.69, 9.17) is 9.16 Å². The molecule has 2 atom stereocenters. The van der Waals surface area contributed by atoms with E-state index in [1.807, 2.05) is 0 Å². The number of cyclic esters (lactones) is 1. The second-order valence-electron chi connectivity index (χ2n) is 6.83. The van der Waals surface area contributed by atoms with E-state index in [9.17, 15) is 9.90 Å². The lowest BCUT2D eigenvalue weighted by atomic mass is 10.1. The Morgan fingerprint density at radius 2 is 1.70 bits per heavy atom. The van der Waals surface area contributed by atoms with Gasteiger partial charge in [0.05, 0.1) is 19.1 Å². The number of rotatable bonds is 6. The summed E-state index contributed by atoms with van der Waals surface area (Å²) in [6, 6.07) is 0. The molecular formula is C15H30O4Si. The van der Waals surface area contributed by atoms with Crippen LogP contribution in [0.5, 0.6) is 0 Å². The van der Waals surface area contributed by atoms with Gasteiger partial charge < -0.3 is 14.3 Å². The van der Waals surface area contributed by atoms with E-state index in [2.05, 4.69) is 41.5 Å². The summed E-state index contributed by atoms with van der Waals surface area (Å²) in [7, 11) is -1.93. The van der Waals surface area contributed by atoms with Gasteiger partial charge in [0.2, 0.25) is 8.32 Å². The predicted molar refractivity (Wildman–Crippen MR) is 82.1 cm³/mol.